The van der Waals surface area contributed by atoms with Crippen LogP contribution in [0.3, 0.4) is 0 Å². The number of anilines is 1. The minimum absolute atomic E-state index is 0.0595. The average Bonchev–Trinajstić information content (AvgIpc) is 2.33. The minimum atomic E-state index is -1.09. The molecular formula is C12H14F2N2S. The number of nitrogens with zero attached hydrogens (tertiary/aromatic N) is 1. The lowest BCUT2D eigenvalue weighted by molar-refractivity contribution is 0.507. The van der Waals surface area contributed by atoms with E-state index in [1.54, 1.807) is 17.8 Å². The molecular weight excluding hydrogens is 242 g/mol. The standard InChI is InChI=1S/C12H14F2N2S/c1-8(5-6-17-2)16-10-4-3-9(7-15)11(13)12(10)14/h3-4,8,16H,5-6H2,1-2H3. The van der Waals surface area contributed by atoms with Crippen molar-refractivity contribution in [3.8, 4) is 6.07 Å². The summed E-state index contributed by atoms with van der Waals surface area (Å²) in [5.74, 6) is -1.12. The maximum atomic E-state index is 13.5. The Morgan fingerprint density at radius 1 is 1.41 bits per heavy atom. The van der Waals surface area contributed by atoms with Gasteiger partial charge in [-0.2, -0.15) is 17.0 Å². The van der Waals surface area contributed by atoms with Gasteiger partial charge in [-0.15, -0.1) is 0 Å². The first kappa shape index (κ1) is 13.8. The Morgan fingerprint density at radius 3 is 2.71 bits per heavy atom. The highest BCUT2D eigenvalue weighted by Gasteiger charge is 2.14. The van der Waals surface area contributed by atoms with E-state index in [1.165, 1.54) is 12.1 Å². The van der Waals surface area contributed by atoms with E-state index in [2.05, 4.69) is 5.32 Å². The third-order valence-corrected chi connectivity index (χ3v) is 3.00. The van der Waals surface area contributed by atoms with Crippen LogP contribution in [0.2, 0.25) is 0 Å². The van der Waals surface area contributed by atoms with Gasteiger partial charge in [0.15, 0.2) is 11.6 Å². The van der Waals surface area contributed by atoms with Crippen molar-refractivity contribution in [2.45, 2.75) is 19.4 Å². The first-order chi connectivity index (χ1) is 8.10. The monoisotopic (exact) mass is 256 g/mol. The molecule has 5 heteroatoms. The highest BCUT2D eigenvalue weighted by Crippen LogP contribution is 2.21. The molecule has 0 bridgehead atoms. The third-order valence-electron chi connectivity index (χ3n) is 2.36. The Kier molecular flexibility index (Phi) is 5.23. The molecule has 0 saturated heterocycles. The van der Waals surface area contributed by atoms with Crippen LogP contribution in [0.4, 0.5) is 14.5 Å². The molecule has 0 heterocycles. The molecule has 0 aromatic heterocycles. The fourth-order valence-corrected chi connectivity index (χ4v) is 1.97. The maximum absolute atomic E-state index is 13.5. The van der Waals surface area contributed by atoms with Crippen molar-refractivity contribution in [2.75, 3.05) is 17.3 Å². The van der Waals surface area contributed by atoms with Crippen molar-refractivity contribution in [3.63, 3.8) is 0 Å². The lowest BCUT2D eigenvalue weighted by atomic mass is 10.1. The lowest BCUT2D eigenvalue weighted by Gasteiger charge is -2.15. The second kappa shape index (κ2) is 6.45. The number of halogens is 2. The van der Waals surface area contributed by atoms with Gasteiger partial charge in [0, 0.05) is 6.04 Å². The quantitative estimate of drug-likeness (QED) is 0.877. The largest absolute Gasteiger partial charge is 0.380 e. The van der Waals surface area contributed by atoms with Gasteiger partial charge in [-0.3, -0.25) is 0 Å². The summed E-state index contributed by atoms with van der Waals surface area (Å²) in [7, 11) is 0. The number of thioether (sulfide) groups is 1. The molecule has 92 valence electrons. The normalized spacial score (nSPS) is 11.9. The van der Waals surface area contributed by atoms with Crippen molar-refractivity contribution < 1.29 is 8.78 Å². The summed E-state index contributed by atoms with van der Waals surface area (Å²) in [6.45, 7) is 1.91. The van der Waals surface area contributed by atoms with Gasteiger partial charge < -0.3 is 5.32 Å². The Labute approximate surface area is 104 Å². The molecule has 0 spiro atoms. The van der Waals surface area contributed by atoms with E-state index in [0.29, 0.717) is 0 Å². The maximum Gasteiger partial charge on any atom is 0.183 e. The third kappa shape index (κ3) is 3.60. The topological polar surface area (TPSA) is 35.8 Å². The molecule has 1 rings (SSSR count). The molecule has 2 nitrogen and oxygen atoms in total. The second-order valence-electron chi connectivity index (χ2n) is 3.73. The van der Waals surface area contributed by atoms with E-state index in [9.17, 15) is 8.78 Å². The first-order valence-corrected chi connectivity index (χ1v) is 6.63. The molecule has 0 aliphatic rings. The number of nitriles is 1. The Hall–Kier alpha value is -1.28. The van der Waals surface area contributed by atoms with E-state index in [1.807, 2.05) is 13.2 Å². The fourth-order valence-electron chi connectivity index (χ4n) is 1.38. The number of hydrogen-bond acceptors (Lipinski definition) is 3. The summed E-state index contributed by atoms with van der Waals surface area (Å²) in [6.07, 6.45) is 2.86. The first-order valence-electron chi connectivity index (χ1n) is 5.23. The highest BCUT2D eigenvalue weighted by atomic mass is 32.2. The smallest absolute Gasteiger partial charge is 0.183 e. The number of rotatable bonds is 5. The van der Waals surface area contributed by atoms with E-state index in [4.69, 9.17) is 5.26 Å². The average molecular weight is 256 g/mol. The molecule has 0 fully saturated rings. The summed E-state index contributed by atoms with van der Waals surface area (Å²) in [6, 6.07) is 4.34. The summed E-state index contributed by atoms with van der Waals surface area (Å²) >= 11 is 1.70. The van der Waals surface area contributed by atoms with Crippen LogP contribution in [0.5, 0.6) is 0 Å². The Morgan fingerprint density at radius 2 is 2.12 bits per heavy atom. The van der Waals surface area contributed by atoms with Crippen LogP contribution in [-0.4, -0.2) is 18.1 Å². The van der Waals surface area contributed by atoms with Gasteiger partial charge in [0.2, 0.25) is 0 Å². The predicted molar refractivity (Wildman–Crippen MR) is 67.2 cm³/mol. The SMILES string of the molecule is CSCCC(C)Nc1ccc(C#N)c(F)c1F. The van der Waals surface area contributed by atoms with Crippen LogP contribution >= 0.6 is 11.8 Å². The lowest BCUT2D eigenvalue weighted by Crippen LogP contribution is -2.17. The van der Waals surface area contributed by atoms with Crippen LogP contribution in [0.1, 0.15) is 18.9 Å². The molecule has 1 atom stereocenters. The van der Waals surface area contributed by atoms with Crippen molar-refractivity contribution in [3.05, 3.63) is 29.3 Å². The van der Waals surface area contributed by atoms with Crippen LogP contribution in [-0.2, 0) is 0 Å². The molecule has 1 unspecified atom stereocenters. The molecule has 0 radical (unpaired) electrons. The van der Waals surface area contributed by atoms with Crippen molar-refractivity contribution in [1.29, 1.82) is 5.26 Å². The van der Waals surface area contributed by atoms with Gasteiger partial charge >= 0.3 is 0 Å². The molecule has 0 aliphatic carbocycles. The Bertz CT molecular complexity index is 429. The van der Waals surface area contributed by atoms with Gasteiger partial charge in [-0.05, 0) is 37.5 Å². The van der Waals surface area contributed by atoms with E-state index < -0.39 is 11.6 Å². The zero-order valence-corrected chi connectivity index (χ0v) is 10.6. The van der Waals surface area contributed by atoms with Crippen LogP contribution < -0.4 is 5.32 Å². The van der Waals surface area contributed by atoms with E-state index in [0.717, 1.165) is 12.2 Å². The number of nitrogens with one attached hydrogen (secondary N) is 1. The molecule has 1 aromatic carbocycles. The minimum Gasteiger partial charge on any atom is -0.380 e. The second-order valence-corrected chi connectivity index (χ2v) is 4.71. The fraction of sp³-hybridized carbons (Fsp3) is 0.417. The molecule has 0 amide bonds. The summed E-state index contributed by atoms with van der Waals surface area (Å²) in [5.41, 5.74) is -0.167. The summed E-state index contributed by atoms with van der Waals surface area (Å²) < 4.78 is 26.9. The van der Waals surface area contributed by atoms with Gasteiger partial charge in [0.1, 0.15) is 6.07 Å². The Balaban J connectivity index is 2.79. The predicted octanol–water partition coefficient (Wildman–Crippen LogP) is 3.39. The summed E-state index contributed by atoms with van der Waals surface area (Å²) in [4.78, 5) is 0. The zero-order valence-electron chi connectivity index (χ0n) is 9.76. The highest BCUT2D eigenvalue weighted by molar-refractivity contribution is 7.98. The molecule has 1 N–H and O–H groups in total. The number of benzene rings is 1. The molecule has 17 heavy (non-hydrogen) atoms. The molecule has 0 aliphatic heterocycles. The van der Waals surface area contributed by atoms with E-state index >= 15 is 0 Å². The van der Waals surface area contributed by atoms with Crippen molar-refractivity contribution in [1.82, 2.24) is 0 Å². The van der Waals surface area contributed by atoms with Crippen molar-refractivity contribution in [2.24, 2.45) is 0 Å². The molecule has 1 aromatic rings. The van der Waals surface area contributed by atoms with Crippen LogP contribution in [0.15, 0.2) is 12.1 Å². The van der Waals surface area contributed by atoms with Crippen LogP contribution in [0, 0.1) is 23.0 Å². The van der Waals surface area contributed by atoms with Gasteiger partial charge in [-0.1, -0.05) is 0 Å². The van der Waals surface area contributed by atoms with Gasteiger partial charge in [-0.25, -0.2) is 8.78 Å². The van der Waals surface area contributed by atoms with Gasteiger partial charge in [0.05, 0.1) is 11.3 Å². The zero-order chi connectivity index (χ0) is 12.8. The van der Waals surface area contributed by atoms with Crippen LogP contribution in [0.25, 0.3) is 0 Å². The van der Waals surface area contributed by atoms with E-state index in [-0.39, 0.29) is 17.3 Å². The van der Waals surface area contributed by atoms with Crippen molar-refractivity contribution >= 4 is 17.4 Å². The summed E-state index contributed by atoms with van der Waals surface area (Å²) in [5, 5.41) is 11.5. The molecule has 0 saturated carbocycles. The number of hydrogen-bond donors (Lipinski definition) is 1. The van der Waals surface area contributed by atoms with Gasteiger partial charge in [0.25, 0.3) is 0 Å².